The van der Waals surface area contributed by atoms with Gasteiger partial charge in [-0.25, -0.2) is 0 Å². The monoisotopic (exact) mass is 581 g/mol. The van der Waals surface area contributed by atoms with Crippen LogP contribution >= 0.6 is 35.0 Å². The number of thioether (sulfide) groups is 1. The van der Waals surface area contributed by atoms with E-state index in [-0.39, 0.29) is 22.3 Å². The van der Waals surface area contributed by atoms with Gasteiger partial charge in [0.1, 0.15) is 13.2 Å². The van der Waals surface area contributed by atoms with Gasteiger partial charge in [0.15, 0.2) is 11.5 Å². The van der Waals surface area contributed by atoms with Crippen molar-refractivity contribution in [3.8, 4) is 17.6 Å². The van der Waals surface area contributed by atoms with Crippen LogP contribution in [0.1, 0.15) is 22.3 Å². The summed E-state index contributed by atoms with van der Waals surface area (Å²) in [5.74, 6) is -0.566. The number of methoxy groups -OCH3 is 1. The van der Waals surface area contributed by atoms with E-state index in [2.05, 4.69) is 11.4 Å². The van der Waals surface area contributed by atoms with E-state index in [0.717, 1.165) is 22.2 Å². The fraction of sp³-hybridized carbons (Fsp3) is 0.143. The Bertz CT molecular complexity index is 1550. The van der Waals surface area contributed by atoms with Gasteiger partial charge in [-0.2, -0.15) is 5.26 Å². The minimum absolute atomic E-state index is 0.0921. The van der Waals surface area contributed by atoms with Crippen molar-refractivity contribution in [2.75, 3.05) is 19.0 Å². The number of nitrogens with one attached hydrogen (secondary N) is 1. The Balaban J connectivity index is 1.49. The SMILES string of the molecule is COc1cc(/C=C2\SC(=O)N(CC(=O)Nc3cc(Cl)ccc3C)C2=O)cc(Cl)c1OCc1ccccc1C#N. The molecule has 11 heteroatoms. The zero-order valence-corrected chi connectivity index (χ0v) is 23.1. The summed E-state index contributed by atoms with van der Waals surface area (Å²) < 4.78 is 11.3. The molecular weight excluding hydrogens is 561 g/mol. The van der Waals surface area contributed by atoms with Gasteiger partial charge in [-0.15, -0.1) is 0 Å². The molecule has 0 saturated carbocycles. The van der Waals surface area contributed by atoms with Gasteiger partial charge in [0.05, 0.1) is 28.7 Å². The van der Waals surface area contributed by atoms with Gasteiger partial charge in [-0.3, -0.25) is 19.3 Å². The Morgan fingerprint density at radius 2 is 1.92 bits per heavy atom. The van der Waals surface area contributed by atoms with Crippen molar-refractivity contribution in [1.29, 1.82) is 5.26 Å². The van der Waals surface area contributed by atoms with Crippen molar-refractivity contribution in [1.82, 2.24) is 4.90 Å². The summed E-state index contributed by atoms with van der Waals surface area (Å²) in [6.45, 7) is 1.44. The van der Waals surface area contributed by atoms with E-state index in [1.54, 1.807) is 61.5 Å². The molecule has 3 amide bonds. The number of nitrogens with zero attached hydrogens (tertiary/aromatic N) is 2. The first-order valence-electron chi connectivity index (χ1n) is 11.5. The lowest BCUT2D eigenvalue weighted by Crippen LogP contribution is -2.36. The van der Waals surface area contributed by atoms with Crippen LogP contribution in [0.5, 0.6) is 11.5 Å². The number of amides is 3. The number of hydrogen-bond donors (Lipinski definition) is 1. The van der Waals surface area contributed by atoms with Crippen LogP contribution in [0.4, 0.5) is 10.5 Å². The van der Waals surface area contributed by atoms with E-state index in [1.165, 1.54) is 13.2 Å². The molecule has 1 aliphatic rings. The number of rotatable bonds is 8. The summed E-state index contributed by atoms with van der Waals surface area (Å²) in [7, 11) is 1.44. The standard InChI is InChI=1S/C28H21Cl2N3O5S/c1-16-7-8-20(29)12-22(16)32-25(34)14-33-27(35)24(39-28(33)36)11-17-9-21(30)26(23(10-17)37-2)38-15-19-6-4-3-5-18(19)13-31/h3-12H,14-15H2,1-2H3,(H,32,34)/b24-11-. The third kappa shape index (κ3) is 6.55. The molecule has 1 aliphatic heterocycles. The van der Waals surface area contributed by atoms with Gasteiger partial charge < -0.3 is 14.8 Å². The second-order valence-corrected chi connectivity index (χ2v) is 10.2. The highest BCUT2D eigenvalue weighted by Crippen LogP contribution is 2.39. The molecule has 0 spiro atoms. The second kappa shape index (κ2) is 12.3. The maximum Gasteiger partial charge on any atom is 0.294 e. The van der Waals surface area contributed by atoms with Crippen LogP contribution in [0.15, 0.2) is 59.5 Å². The van der Waals surface area contributed by atoms with Crippen molar-refractivity contribution in [2.45, 2.75) is 13.5 Å². The summed E-state index contributed by atoms with van der Waals surface area (Å²) in [6.07, 6.45) is 1.49. The summed E-state index contributed by atoms with van der Waals surface area (Å²) in [5, 5.41) is 12.1. The smallest absolute Gasteiger partial charge is 0.294 e. The lowest BCUT2D eigenvalue weighted by molar-refractivity contribution is -0.127. The van der Waals surface area contributed by atoms with Gasteiger partial charge >= 0.3 is 0 Å². The zero-order chi connectivity index (χ0) is 28.1. The zero-order valence-electron chi connectivity index (χ0n) is 20.8. The van der Waals surface area contributed by atoms with E-state index >= 15 is 0 Å². The molecule has 0 unspecified atom stereocenters. The van der Waals surface area contributed by atoms with Crippen LogP contribution in [0.3, 0.4) is 0 Å². The van der Waals surface area contributed by atoms with Gasteiger partial charge in [-0.05, 0) is 66.2 Å². The first-order chi connectivity index (χ1) is 18.7. The fourth-order valence-corrected chi connectivity index (χ4v) is 5.00. The summed E-state index contributed by atoms with van der Waals surface area (Å²) in [6, 6.07) is 17.4. The predicted molar refractivity (Wildman–Crippen MR) is 151 cm³/mol. The Morgan fingerprint density at radius 1 is 1.15 bits per heavy atom. The quantitative estimate of drug-likeness (QED) is 0.305. The topological polar surface area (TPSA) is 109 Å². The third-order valence-electron chi connectivity index (χ3n) is 5.71. The minimum atomic E-state index is -0.605. The molecule has 198 valence electrons. The molecular formula is C28H21Cl2N3O5S. The molecule has 4 rings (SSSR count). The number of ether oxygens (including phenoxy) is 2. The molecule has 3 aromatic rings. The number of benzene rings is 3. The third-order valence-corrected chi connectivity index (χ3v) is 7.13. The van der Waals surface area contributed by atoms with E-state index in [9.17, 15) is 19.6 Å². The average Bonchev–Trinajstić information content (AvgIpc) is 3.17. The largest absolute Gasteiger partial charge is 0.493 e. The lowest BCUT2D eigenvalue weighted by atomic mass is 10.1. The minimum Gasteiger partial charge on any atom is -0.493 e. The van der Waals surface area contributed by atoms with Crippen LogP contribution in [0.25, 0.3) is 6.08 Å². The van der Waals surface area contributed by atoms with Crippen molar-refractivity contribution in [2.24, 2.45) is 0 Å². The first kappa shape index (κ1) is 28.0. The van der Waals surface area contributed by atoms with Gasteiger partial charge in [-0.1, -0.05) is 47.5 Å². The van der Waals surface area contributed by atoms with Crippen molar-refractivity contribution < 1.29 is 23.9 Å². The number of anilines is 1. The highest BCUT2D eigenvalue weighted by molar-refractivity contribution is 8.18. The molecule has 1 N–H and O–H groups in total. The molecule has 1 heterocycles. The van der Waals surface area contributed by atoms with Gasteiger partial charge in [0.25, 0.3) is 11.1 Å². The Labute approximate surface area is 239 Å². The summed E-state index contributed by atoms with van der Waals surface area (Å²) in [5.41, 5.74) is 2.94. The average molecular weight is 582 g/mol. The Morgan fingerprint density at radius 3 is 2.67 bits per heavy atom. The van der Waals surface area contributed by atoms with Crippen molar-refractivity contribution >= 4 is 63.8 Å². The molecule has 1 fully saturated rings. The van der Waals surface area contributed by atoms with Crippen LogP contribution in [-0.2, 0) is 16.2 Å². The number of aryl methyl sites for hydroxylation is 1. The summed E-state index contributed by atoms with van der Waals surface area (Å²) in [4.78, 5) is 39.1. The van der Waals surface area contributed by atoms with Crippen LogP contribution in [-0.4, -0.2) is 35.6 Å². The molecule has 1 saturated heterocycles. The molecule has 8 nitrogen and oxygen atoms in total. The molecule has 0 atom stereocenters. The number of halogens is 2. The van der Waals surface area contributed by atoms with Crippen LogP contribution < -0.4 is 14.8 Å². The Hall–Kier alpha value is -3.97. The van der Waals surface area contributed by atoms with Crippen LogP contribution in [0, 0.1) is 18.3 Å². The molecule has 0 aliphatic carbocycles. The molecule has 0 aromatic heterocycles. The van der Waals surface area contributed by atoms with E-state index in [4.69, 9.17) is 32.7 Å². The van der Waals surface area contributed by atoms with E-state index < -0.39 is 23.6 Å². The van der Waals surface area contributed by atoms with E-state index in [1.807, 2.05) is 0 Å². The van der Waals surface area contributed by atoms with Crippen molar-refractivity contribution in [3.05, 3.63) is 91.8 Å². The van der Waals surface area contributed by atoms with Crippen molar-refractivity contribution in [3.63, 3.8) is 0 Å². The predicted octanol–water partition coefficient (Wildman–Crippen LogP) is 6.44. The van der Waals surface area contributed by atoms with E-state index in [0.29, 0.717) is 33.1 Å². The number of nitriles is 1. The normalized spacial score (nSPS) is 13.9. The van der Waals surface area contributed by atoms with Gasteiger partial charge in [0, 0.05) is 16.3 Å². The molecule has 0 radical (unpaired) electrons. The molecule has 3 aromatic carbocycles. The maximum atomic E-state index is 13.0. The second-order valence-electron chi connectivity index (χ2n) is 8.37. The lowest BCUT2D eigenvalue weighted by Gasteiger charge is -2.14. The Kier molecular flexibility index (Phi) is 8.82. The highest BCUT2D eigenvalue weighted by atomic mass is 35.5. The number of hydrogen-bond acceptors (Lipinski definition) is 7. The summed E-state index contributed by atoms with van der Waals surface area (Å²) >= 11 is 13.2. The molecule has 0 bridgehead atoms. The fourth-order valence-electron chi connectivity index (χ4n) is 3.72. The maximum absolute atomic E-state index is 13.0. The first-order valence-corrected chi connectivity index (χ1v) is 13.1. The number of carbonyl (C=O) groups excluding carboxylic acids is 3. The number of carbonyl (C=O) groups is 3. The number of imide groups is 1. The molecule has 39 heavy (non-hydrogen) atoms. The van der Waals surface area contributed by atoms with Crippen LogP contribution in [0.2, 0.25) is 10.0 Å². The van der Waals surface area contributed by atoms with Gasteiger partial charge in [0.2, 0.25) is 5.91 Å². The highest BCUT2D eigenvalue weighted by Gasteiger charge is 2.36.